The van der Waals surface area contributed by atoms with Gasteiger partial charge in [0.15, 0.2) is 23.3 Å². The zero-order chi connectivity index (χ0) is 22.0. The summed E-state index contributed by atoms with van der Waals surface area (Å²) in [6.07, 6.45) is 0. The Morgan fingerprint density at radius 1 is 0.419 bits per heavy atom. The van der Waals surface area contributed by atoms with Crippen LogP contribution < -0.4 is 15.6 Å². The van der Waals surface area contributed by atoms with E-state index < -0.39 is 41.2 Å². The number of benzene rings is 4. The number of hydrogen-bond donors (Lipinski definition) is 0. The van der Waals surface area contributed by atoms with Crippen molar-refractivity contribution in [2.24, 2.45) is 0 Å². The highest BCUT2D eigenvalue weighted by Crippen LogP contribution is 2.36. The summed E-state index contributed by atoms with van der Waals surface area (Å²) in [7, 11) is -3.31. The van der Waals surface area contributed by atoms with E-state index in [1.165, 1.54) is 0 Å². The fourth-order valence-electron chi connectivity index (χ4n) is 3.52. The number of halogens is 5. The van der Waals surface area contributed by atoms with Crippen LogP contribution in [0.4, 0.5) is 22.0 Å². The summed E-state index contributed by atoms with van der Waals surface area (Å²) < 4.78 is 71.2. The Balaban J connectivity index is 2.08. The monoisotopic (exact) mass is 458 g/mol. The third-order valence-electron chi connectivity index (χ3n) is 4.97. The van der Waals surface area contributed by atoms with Gasteiger partial charge in [-0.2, -0.15) is 0 Å². The molecule has 0 aliphatic rings. The van der Waals surface area contributed by atoms with Gasteiger partial charge < -0.3 is 0 Å². The van der Waals surface area contributed by atoms with Gasteiger partial charge in [-0.15, -0.1) is 11.2 Å². The quantitative estimate of drug-likeness (QED) is 0.131. The Bertz CT molecular complexity index is 1080. The molecule has 0 saturated heterocycles. The molecule has 0 amide bonds. The van der Waals surface area contributed by atoms with Gasteiger partial charge in [0.25, 0.3) is 0 Å². The lowest BCUT2D eigenvalue weighted by Gasteiger charge is -2.33. The lowest BCUT2D eigenvalue weighted by Crippen LogP contribution is -2.64. The molecule has 0 spiro atoms. The summed E-state index contributed by atoms with van der Waals surface area (Å²) in [6, 6.07) is 27.1. The van der Waals surface area contributed by atoms with Crippen molar-refractivity contribution >= 4 is 34.0 Å². The summed E-state index contributed by atoms with van der Waals surface area (Å²) in [5.41, 5.74) is 0. The second-order valence-corrected chi connectivity index (χ2v) is 12.9. The fourth-order valence-corrected chi connectivity index (χ4v) is 11.3. The van der Waals surface area contributed by atoms with E-state index in [0.29, 0.717) is 0 Å². The largest absolute Gasteiger partial charge is 0.215 e. The molecule has 0 fully saturated rings. The summed E-state index contributed by atoms with van der Waals surface area (Å²) >= 11 is 0.728. The van der Waals surface area contributed by atoms with Crippen molar-refractivity contribution < 1.29 is 22.0 Å². The van der Waals surface area contributed by atoms with Gasteiger partial charge in [-0.05, 0) is 15.6 Å². The molecule has 0 bridgehead atoms. The Morgan fingerprint density at radius 2 is 0.710 bits per heavy atom. The van der Waals surface area contributed by atoms with E-state index in [9.17, 15) is 22.0 Å². The highest BCUT2D eigenvalue weighted by molar-refractivity contribution is 8.33. The molecule has 0 aliphatic carbocycles. The van der Waals surface area contributed by atoms with Crippen LogP contribution in [0.5, 0.6) is 0 Å². The molecule has 0 radical (unpaired) electrons. The van der Waals surface area contributed by atoms with E-state index >= 15 is 0 Å². The molecule has 7 heteroatoms. The molecule has 156 valence electrons. The molecule has 0 N–H and O–H groups in total. The van der Waals surface area contributed by atoms with E-state index in [1.54, 1.807) is 36.4 Å². The normalized spacial score (nSPS) is 11.5. The molecule has 0 atom stereocenters. The molecule has 0 nitrogen and oxygen atoms in total. The second-order valence-electron chi connectivity index (χ2n) is 6.78. The molecule has 0 aromatic heterocycles. The Hall–Kier alpha value is -2.90. The lowest BCUT2D eigenvalue weighted by atomic mass is 10.3. The molecule has 31 heavy (non-hydrogen) atoms. The Morgan fingerprint density at radius 3 is 1.03 bits per heavy atom. The van der Waals surface area contributed by atoms with Crippen molar-refractivity contribution in [3.05, 3.63) is 120 Å². The molecule has 4 rings (SSSR count). The zero-order valence-electron chi connectivity index (χ0n) is 16.0. The molecular formula is C24H15F5SSi. The highest BCUT2D eigenvalue weighted by atomic mass is 32.4. The van der Waals surface area contributed by atoms with Crippen LogP contribution >= 0.6 is 11.2 Å². The number of hydrogen-bond acceptors (Lipinski definition) is 1. The summed E-state index contributed by atoms with van der Waals surface area (Å²) in [4.78, 5) is -0.875. The van der Waals surface area contributed by atoms with Crippen LogP contribution in [-0.4, -0.2) is 7.22 Å². The van der Waals surface area contributed by atoms with Crippen LogP contribution in [0.3, 0.4) is 0 Å². The third kappa shape index (κ3) is 3.68. The van der Waals surface area contributed by atoms with Gasteiger partial charge in [0, 0.05) is 0 Å². The molecule has 0 saturated carbocycles. The molecule has 0 unspecified atom stereocenters. The summed E-state index contributed by atoms with van der Waals surface area (Å²) in [5, 5.41) is 2.30. The first-order chi connectivity index (χ1) is 15.0. The Labute approximate surface area is 181 Å². The SMILES string of the molecule is Fc1c(F)c(F)c(S[Si](c2ccccc2)(c2ccccc2)c2ccccc2)c(F)c1F. The average Bonchev–Trinajstić information content (AvgIpc) is 2.83. The highest BCUT2D eigenvalue weighted by Gasteiger charge is 2.43. The topological polar surface area (TPSA) is 0 Å². The van der Waals surface area contributed by atoms with Crippen LogP contribution in [0, 0.1) is 29.1 Å². The third-order valence-corrected chi connectivity index (χ3v) is 12.9. The number of rotatable bonds is 5. The maximum Gasteiger partial charge on any atom is 0.215 e. The minimum absolute atomic E-state index is 0.728. The second kappa shape index (κ2) is 8.68. The van der Waals surface area contributed by atoms with Gasteiger partial charge in [0.05, 0.1) is 4.90 Å². The first-order valence-corrected chi connectivity index (χ1v) is 12.9. The van der Waals surface area contributed by atoms with E-state index in [1.807, 2.05) is 54.6 Å². The van der Waals surface area contributed by atoms with Gasteiger partial charge in [-0.25, -0.2) is 22.0 Å². The predicted octanol–water partition coefficient (Wildman–Crippen LogP) is 5.14. The van der Waals surface area contributed by atoms with Crippen molar-refractivity contribution in [3.8, 4) is 0 Å². The van der Waals surface area contributed by atoms with E-state index in [-0.39, 0.29) is 0 Å². The van der Waals surface area contributed by atoms with Gasteiger partial charge in [-0.1, -0.05) is 91.0 Å². The molecule has 0 aliphatic heterocycles. The van der Waals surface area contributed by atoms with Crippen LogP contribution in [0.15, 0.2) is 95.9 Å². The smallest absolute Gasteiger partial charge is 0.202 e. The molecule has 4 aromatic rings. The summed E-state index contributed by atoms with van der Waals surface area (Å²) in [6.45, 7) is 0. The van der Waals surface area contributed by atoms with E-state index in [0.717, 1.165) is 26.8 Å². The molecular weight excluding hydrogens is 443 g/mol. The predicted molar refractivity (Wildman–Crippen MR) is 116 cm³/mol. The van der Waals surface area contributed by atoms with Crippen molar-refractivity contribution in [2.75, 3.05) is 0 Å². The van der Waals surface area contributed by atoms with Crippen molar-refractivity contribution in [3.63, 3.8) is 0 Å². The zero-order valence-corrected chi connectivity index (χ0v) is 17.8. The first kappa shape index (κ1) is 21.3. The van der Waals surface area contributed by atoms with Gasteiger partial charge >= 0.3 is 0 Å². The fraction of sp³-hybridized carbons (Fsp3) is 0. The van der Waals surface area contributed by atoms with Crippen LogP contribution in [0.2, 0.25) is 0 Å². The van der Waals surface area contributed by atoms with E-state index in [4.69, 9.17) is 0 Å². The maximum absolute atomic E-state index is 14.8. The van der Waals surface area contributed by atoms with Crippen LogP contribution in [0.25, 0.3) is 0 Å². The Kier molecular flexibility index (Phi) is 5.98. The van der Waals surface area contributed by atoms with Gasteiger partial charge in [0.2, 0.25) is 13.0 Å². The standard InChI is InChI=1S/C24H15F5SSi/c25-19-20(26)22(28)24(23(29)21(19)27)30-31(16-10-4-1-5-11-16,17-12-6-2-7-13-17)18-14-8-3-9-15-18/h1-15H. The summed E-state index contributed by atoms with van der Waals surface area (Å²) in [5.74, 6) is -9.69. The van der Waals surface area contributed by atoms with Crippen molar-refractivity contribution in [1.82, 2.24) is 0 Å². The molecule has 4 aromatic carbocycles. The lowest BCUT2D eigenvalue weighted by molar-refractivity contribution is 0.361. The average molecular weight is 459 g/mol. The van der Waals surface area contributed by atoms with Crippen molar-refractivity contribution in [1.29, 1.82) is 0 Å². The maximum atomic E-state index is 14.8. The van der Waals surface area contributed by atoms with Crippen LogP contribution in [-0.2, 0) is 0 Å². The minimum Gasteiger partial charge on any atom is -0.202 e. The minimum atomic E-state index is -3.31. The van der Waals surface area contributed by atoms with Crippen LogP contribution in [0.1, 0.15) is 0 Å². The van der Waals surface area contributed by atoms with Gasteiger partial charge in [-0.3, -0.25) is 0 Å². The van der Waals surface area contributed by atoms with E-state index in [2.05, 4.69) is 0 Å². The van der Waals surface area contributed by atoms with Gasteiger partial charge in [0.1, 0.15) is 0 Å². The first-order valence-electron chi connectivity index (χ1n) is 9.34. The van der Waals surface area contributed by atoms with Crippen molar-refractivity contribution in [2.45, 2.75) is 4.90 Å². The molecule has 0 heterocycles.